The van der Waals surface area contributed by atoms with Crippen molar-refractivity contribution in [2.75, 3.05) is 13.7 Å². The quantitative estimate of drug-likeness (QED) is 0.802. The maximum Gasteiger partial charge on any atom is 0.397 e. The summed E-state index contributed by atoms with van der Waals surface area (Å²) in [7, 11) is 1.52. The first kappa shape index (κ1) is 13.4. The molecule has 0 atom stereocenters. The number of rotatable bonds is 4. The van der Waals surface area contributed by atoms with Crippen molar-refractivity contribution < 1.29 is 18.8 Å². The molecule has 0 saturated carbocycles. The van der Waals surface area contributed by atoms with Gasteiger partial charge in [0, 0.05) is 5.56 Å². The van der Waals surface area contributed by atoms with Crippen LogP contribution in [0.1, 0.15) is 17.6 Å². The van der Waals surface area contributed by atoms with Crippen molar-refractivity contribution in [3.8, 4) is 17.1 Å². The molecule has 2 aromatic rings. The Morgan fingerprint density at radius 3 is 2.89 bits per heavy atom. The van der Waals surface area contributed by atoms with Gasteiger partial charge in [-0.05, 0) is 25.1 Å². The summed E-state index contributed by atoms with van der Waals surface area (Å²) in [4.78, 5) is 15.3. The standard InChI is InChI=1S/C12H11ClN2O4/c1-3-18-12(16)11-14-10(15-19-11)7-4-5-9(17-2)8(13)6-7/h4-6H,3H2,1-2H3. The normalized spacial score (nSPS) is 10.3. The Morgan fingerprint density at radius 2 is 2.26 bits per heavy atom. The first-order chi connectivity index (χ1) is 9.15. The SMILES string of the molecule is CCOC(=O)c1nc(-c2ccc(OC)c(Cl)c2)no1. The average molecular weight is 283 g/mol. The fraction of sp³-hybridized carbons (Fsp3) is 0.250. The van der Waals surface area contributed by atoms with Gasteiger partial charge < -0.3 is 14.0 Å². The van der Waals surface area contributed by atoms with Crippen LogP contribution in [0, 0.1) is 0 Å². The number of esters is 1. The number of halogens is 1. The van der Waals surface area contributed by atoms with Crippen molar-refractivity contribution >= 4 is 17.6 Å². The molecule has 7 heteroatoms. The third kappa shape index (κ3) is 2.85. The minimum atomic E-state index is -0.652. The van der Waals surface area contributed by atoms with Crippen LogP contribution in [0.5, 0.6) is 5.75 Å². The second kappa shape index (κ2) is 5.71. The first-order valence-electron chi connectivity index (χ1n) is 5.50. The van der Waals surface area contributed by atoms with Crippen molar-refractivity contribution in [2.45, 2.75) is 6.92 Å². The summed E-state index contributed by atoms with van der Waals surface area (Å²) in [6.45, 7) is 1.93. The number of hydrogen-bond donors (Lipinski definition) is 0. The molecule has 0 unspecified atom stereocenters. The summed E-state index contributed by atoms with van der Waals surface area (Å²) < 4.78 is 14.6. The van der Waals surface area contributed by atoms with Gasteiger partial charge in [-0.25, -0.2) is 4.79 Å². The molecule has 2 rings (SSSR count). The third-order valence-electron chi connectivity index (χ3n) is 2.29. The largest absolute Gasteiger partial charge is 0.495 e. The Balaban J connectivity index is 2.27. The number of hydrogen-bond acceptors (Lipinski definition) is 6. The molecule has 0 radical (unpaired) electrons. The van der Waals surface area contributed by atoms with E-state index in [0.717, 1.165) is 0 Å². The Hall–Kier alpha value is -2.08. The van der Waals surface area contributed by atoms with E-state index in [1.54, 1.807) is 25.1 Å². The minimum absolute atomic E-state index is 0.191. The highest BCUT2D eigenvalue weighted by Gasteiger charge is 2.17. The molecule has 0 spiro atoms. The van der Waals surface area contributed by atoms with E-state index in [1.807, 2.05) is 0 Å². The van der Waals surface area contributed by atoms with E-state index in [9.17, 15) is 4.79 Å². The fourth-order valence-electron chi connectivity index (χ4n) is 1.42. The van der Waals surface area contributed by atoms with E-state index in [2.05, 4.69) is 10.1 Å². The van der Waals surface area contributed by atoms with Gasteiger partial charge in [0.15, 0.2) is 0 Å². The van der Waals surface area contributed by atoms with E-state index < -0.39 is 5.97 Å². The molecule has 100 valence electrons. The van der Waals surface area contributed by atoms with Crippen LogP contribution in [0.3, 0.4) is 0 Å². The van der Waals surface area contributed by atoms with Gasteiger partial charge in [-0.15, -0.1) is 0 Å². The van der Waals surface area contributed by atoms with Crippen LogP contribution in [0.25, 0.3) is 11.4 Å². The average Bonchev–Trinajstić information content (AvgIpc) is 2.88. The summed E-state index contributed by atoms with van der Waals surface area (Å²) in [5.41, 5.74) is 0.616. The molecule has 0 saturated heterocycles. The van der Waals surface area contributed by atoms with Crippen molar-refractivity contribution in [1.29, 1.82) is 0 Å². The van der Waals surface area contributed by atoms with E-state index in [0.29, 0.717) is 16.3 Å². The van der Waals surface area contributed by atoms with Gasteiger partial charge in [0.1, 0.15) is 5.75 Å². The lowest BCUT2D eigenvalue weighted by Crippen LogP contribution is -2.04. The Labute approximate surface area is 114 Å². The maximum atomic E-state index is 11.4. The molecule has 1 aromatic carbocycles. The zero-order chi connectivity index (χ0) is 13.8. The smallest absolute Gasteiger partial charge is 0.397 e. The molecule has 0 aliphatic heterocycles. The lowest BCUT2D eigenvalue weighted by molar-refractivity contribution is 0.0470. The highest BCUT2D eigenvalue weighted by Crippen LogP contribution is 2.28. The third-order valence-corrected chi connectivity index (χ3v) is 2.58. The molecule has 6 nitrogen and oxygen atoms in total. The molecule has 19 heavy (non-hydrogen) atoms. The van der Waals surface area contributed by atoms with Crippen LogP contribution in [-0.2, 0) is 4.74 Å². The second-order valence-corrected chi connectivity index (χ2v) is 3.90. The van der Waals surface area contributed by atoms with Crippen molar-refractivity contribution in [3.63, 3.8) is 0 Å². The van der Waals surface area contributed by atoms with E-state index in [1.165, 1.54) is 7.11 Å². The van der Waals surface area contributed by atoms with Gasteiger partial charge in [0.2, 0.25) is 5.82 Å². The number of methoxy groups -OCH3 is 1. The van der Waals surface area contributed by atoms with Crippen LogP contribution < -0.4 is 4.74 Å². The summed E-state index contributed by atoms with van der Waals surface area (Å²) in [5.74, 6) is -0.0446. The molecule has 0 amide bonds. The number of nitrogens with zero attached hydrogens (tertiary/aromatic N) is 2. The maximum absolute atomic E-state index is 11.4. The van der Waals surface area contributed by atoms with Crippen LogP contribution in [0.4, 0.5) is 0 Å². The van der Waals surface area contributed by atoms with Crippen molar-refractivity contribution in [2.24, 2.45) is 0 Å². The highest BCUT2D eigenvalue weighted by atomic mass is 35.5. The van der Waals surface area contributed by atoms with Crippen LogP contribution >= 0.6 is 11.6 Å². The van der Waals surface area contributed by atoms with Gasteiger partial charge in [-0.2, -0.15) is 4.98 Å². The topological polar surface area (TPSA) is 74.5 Å². The molecule has 1 aromatic heterocycles. The van der Waals surface area contributed by atoms with E-state index in [-0.39, 0.29) is 18.3 Å². The lowest BCUT2D eigenvalue weighted by atomic mass is 10.2. The monoisotopic (exact) mass is 282 g/mol. The number of ether oxygens (including phenoxy) is 2. The van der Waals surface area contributed by atoms with Gasteiger partial charge in [-0.1, -0.05) is 16.8 Å². The fourth-order valence-corrected chi connectivity index (χ4v) is 1.68. The van der Waals surface area contributed by atoms with Gasteiger partial charge in [0.05, 0.1) is 18.7 Å². The number of aromatic nitrogens is 2. The molecular formula is C12H11ClN2O4. The molecule has 0 aliphatic rings. The predicted molar refractivity (Wildman–Crippen MR) is 67.3 cm³/mol. The van der Waals surface area contributed by atoms with E-state index in [4.69, 9.17) is 25.6 Å². The number of carbonyl (C=O) groups excluding carboxylic acids is 1. The van der Waals surface area contributed by atoms with Crippen LogP contribution in [-0.4, -0.2) is 29.8 Å². The van der Waals surface area contributed by atoms with Crippen molar-refractivity contribution in [3.05, 3.63) is 29.1 Å². The lowest BCUT2D eigenvalue weighted by Gasteiger charge is -2.02. The van der Waals surface area contributed by atoms with Gasteiger partial charge in [0.25, 0.3) is 0 Å². The van der Waals surface area contributed by atoms with Crippen LogP contribution in [0.15, 0.2) is 22.7 Å². The zero-order valence-corrected chi connectivity index (χ0v) is 11.1. The first-order valence-corrected chi connectivity index (χ1v) is 5.88. The number of benzene rings is 1. The van der Waals surface area contributed by atoms with E-state index >= 15 is 0 Å². The van der Waals surface area contributed by atoms with Gasteiger partial charge in [-0.3, -0.25) is 0 Å². The second-order valence-electron chi connectivity index (χ2n) is 3.49. The zero-order valence-electron chi connectivity index (χ0n) is 10.3. The molecule has 0 fully saturated rings. The summed E-state index contributed by atoms with van der Waals surface area (Å²) >= 11 is 6.00. The summed E-state index contributed by atoms with van der Waals surface area (Å²) in [6.07, 6.45) is 0. The molecule has 1 heterocycles. The highest BCUT2D eigenvalue weighted by molar-refractivity contribution is 6.32. The molecular weight excluding hydrogens is 272 g/mol. The molecule has 0 N–H and O–H groups in total. The summed E-state index contributed by atoms with van der Waals surface area (Å²) in [5, 5.41) is 4.12. The van der Waals surface area contributed by atoms with Gasteiger partial charge >= 0.3 is 11.9 Å². The Morgan fingerprint density at radius 1 is 1.47 bits per heavy atom. The Bertz CT molecular complexity index is 597. The molecule has 0 bridgehead atoms. The predicted octanol–water partition coefficient (Wildman–Crippen LogP) is 2.58. The minimum Gasteiger partial charge on any atom is -0.495 e. The summed E-state index contributed by atoms with van der Waals surface area (Å²) in [6, 6.07) is 5.02. The Kier molecular flexibility index (Phi) is 4.01. The number of carbonyl (C=O) groups is 1. The molecule has 0 aliphatic carbocycles. The van der Waals surface area contributed by atoms with Crippen molar-refractivity contribution in [1.82, 2.24) is 10.1 Å². The van der Waals surface area contributed by atoms with Crippen LogP contribution in [0.2, 0.25) is 5.02 Å².